The summed E-state index contributed by atoms with van der Waals surface area (Å²) in [4.78, 5) is 11.7. The van der Waals surface area contributed by atoms with E-state index in [2.05, 4.69) is 0 Å². The van der Waals surface area contributed by atoms with E-state index in [9.17, 15) is 9.36 Å². The van der Waals surface area contributed by atoms with E-state index in [1.54, 1.807) is 45.0 Å². The molecule has 0 spiro atoms. The average Bonchev–Trinajstić information content (AvgIpc) is 2.48. The molecule has 22 heavy (non-hydrogen) atoms. The predicted molar refractivity (Wildman–Crippen MR) is 85.0 cm³/mol. The first-order chi connectivity index (χ1) is 10.3. The molecule has 1 aromatic carbocycles. The summed E-state index contributed by atoms with van der Waals surface area (Å²) >= 11 is 0. The van der Waals surface area contributed by atoms with Crippen LogP contribution < -0.4 is 10.3 Å². The van der Waals surface area contributed by atoms with Crippen LogP contribution in [0.25, 0.3) is 0 Å². The zero-order valence-corrected chi connectivity index (χ0v) is 14.3. The van der Waals surface area contributed by atoms with Gasteiger partial charge in [0.1, 0.15) is 5.75 Å². The van der Waals surface area contributed by atoms with Gasteiger partial charge in [0, 0.05) is 6.54 Å². The molecule has 0 bridgehead atoms. The van der Waals surface area contributed by atoms with Crippen LogP contribution in [-0.2, 0) is 18.6 Å². The molecular weight excluding hydrogens is 305 g/mol. The number of hydrogen-bond acceptors (Lipinski definition) is 6. The van der Waals surface area contributed by atoms with Crippen LogP contribution in [0.4, 0.5) is 0 Å². The van der Waals surface area contributed by atoms with Gasteiger partial charge in [-0.1, -0.05) is 18.2 Å². The summed E-state index contributed by atoms with van der Waals surface area (Å²) in [5.74, 6) is -0.198. The van der Waals surface area contributed by atoms with E-state index in [1.165, 1.54) is 6.92 Å². The maximum Gasteiger partial charge on any atom is 0.386 e. The average molecular weight is 329 g/mol. The molecule has 0 fully saturated rings. The van der Waals surface area contributed by atoms with E-state index in [4.69, 9.17) is 19.5 Å². The second-order valence-electron chi connectivity index (χ2n) is 5.42. The summed E-state index contributed by atoms with van der Waals surface area (Å²) < 4.78 is 29.2. The number of benzene rings is 1. The molecule has 0 aromatic heterocycles. The molecule has 0 aliphatic heterocycles. The Labute approximate surface area is 131 Å². The van der Waals surface area contributed by atoms with E-state index >= 15 is 0 Å². The Balaban J connectivity index is 3.03. The Morgan fingerprint density at radius 1 is 1.32 bits per heavy atom. The monoisotopic (exact) mass is 329 g/mol. The highest BCUT2D eigenvalue weighted by atomic mass is 31.2. The lowest BCUT2D eigenvalue weighted by Crippen LogP contribution is -2.36. The largest absolute Gasteiger partial charge is 0.464 e. The molecule has 0 saturated heterocycles. The number of para-hydroxylation sites is 1. The highest BCUT2D eigenvalue weighted by Crippen LogP contribution is 2.59. The minimum absolute atomic E-state index is 0.0760. The molecule has 6 nitrogen and oxygen atoms in total. The third kappa shape index (κ3) is 4.57. The lowest BCUT2D eigenvalue weighted by molar-refractivity contribution is -0.150. The zero-order valence-electron chi connectivity index (χ0n) is 13.4. The molecule has 0 aliphatic rings. The topological polar surface area (TPSA) is 87.8 Å². The molecule has 1 aromatic rings. The van der Waals surface area contributed by atoms with Gasteiger partial charge in [-0.2, -0.15) is 0 Å². The van der Waals surface area contributed by atoms with Gasteiger partial charge in [-0.3, -0.25) is 4.52 Å². The van der Waals surface area contributed by atoms with Gasteiger partial charge in [0.15, 0.2) is 6.10 Å². The molecule has 124 valence electrons. The lowest BCUT2D eigenvalue weighted by Gasteiger charge is -2.33. The summed E-state index contributed by atoms with van der Waals surface area (Å²) in [6.45, 7) is 6.81. The van der Waals surface area contributed by atoms with E-state index < -0.39 is 24.8 Å². The Kier molecular flexibility index (Phi) is 6.60. The van der Waals surface area contributed by atoms with Gasteiger partial charge in [-0.15, -0.1) is 0 Å². The summed E-state index contributed by atoms with van der Waals surface area (Å²) in [6.07, 6.45) is -1.01. The van der Waals surface area contributed by atoms with Crippen molar-refractivity contribution in [2.24, 2.45) is 5.73 Å². The van der Waals surface area contributed by atoms with Gasteiger partial charge in [-0.05, 0) is 39.8 Å². The number of carbonyl (C=O) groups is 1. The fourth-order valence-electron chi connectivity index (χ4n) is 1.53. The van der Waals surface area contributed by atoms with Gasteiger partial charge in [0.25, 0.3) is 0 Å². The third-order valence-electron chi connectivity index (χ3n) is 3.13. The highest BCUT2D eigenvalue weighted by Gasteiger charge is 2.46. The first-order valence-electron chi connectivity index (χ1n) is 7.15. The van der Waals surface area contributed by atoms with Crippen molar-refractivity contribution >= 4 is 13.6 Å². The maximum absolute atomic E-state index is 13.2. The molecule has 0 aliphatic carbocycles. The van der Waals surface area contributed by atoms with Gasteiger partial charge in [0.05, 0.1) is 11.8 Å². The van der Waals surface area contributed by atoms with Gasteiger partial charge < -0.3 is 15.0 Å². The Hall–Kier alpha value is -1.36. The minimum Gasteiger partial charge on any atom is -0.464 e. The first kappa shape index (κ1) is 18.7. The Morgan fingerprint density at radius 3 is 2.41 bits per heavy atom. The molecule has 7 heteroatoms. The van der Waals surface area contributed by atoms with Gasteiger partial charge in [-0.25, -0.2) is 9.36 Å². The predicted octanol–water partition coefficient (Wildman–Crippen LogP) is 2.96. The molecule has 1 rings (SSSR count). The normalized spacial score (nSPS) is 15.7. The maximum atomic E-state index is 13.2. The molecule has 0 amide bonds. The number of ether oxygens (including phenoxy) is 1. The Bertz CT molecular complexity index is 532. The SMILES string of the molecule is CCOC(=O)C(C)OP(=O)(Oc1ccccc1)C(C)(C)CN. The fraction of sp³-hybridized carbons (Fsp3) is 0.533. The molecular formula is C15H24NO5P. The van der Waals surface area contributed by atoms with Crippen LogP contribution in [0.5, 0.6) is 5.75 Å². The van der Waals surface area contributed by atoms with Crippen LogP contribution in [0.2, 0.25) is 0 Å². The van der Waals surface area contributed by atoms with Crippen LogP contribution >= 0.6 is 7.60 Å². The number of hydrogen-bond donors (Lipinski definition) is 1. The van der Waals surface area contributed by atoms with Crippen LogP contribution in [-0.4, -0.2) is 30.4 Å². The quantitative estimate of drug-likeness (QED) is 0.583. The summed E-state index contributed by atoms with van der Waals surface area (Å²) in [5, 5.41) is -0.955. The Morgan fingerprint density at radius 2 is 1.91 bits per heavy atom. The van der Waals surface area contributed by atoms with Crippen LogP contribution in [0, 0.1) is 0 Å². The van der Waals surface area contributed by atoms with E-state index in [1.807, 2.05) is 6.07 Å². The molecule has 0 saturated carbocycles. The second kappa shape index (κ2) is 7.77. The van der Waals surface area contributed by atoms with Crippen molar-refractivity contribution in [3.05, 3.63) is 30.3 Å². The molecule has 2 N–H and O–H groups in total. The van der Waals surface area contributed by atoms with Crippen molar-refractivity contribution in [3.8, 4) is 5.75 Å². The van der Waals surface area contributed by atoms with E-state index in [-0.39, 0.29) is 13.2 Å². The van der Waals surface area contributed by atoms with E-state index in [0.29, 0.717) is 5.75 Å². The number of nitrogens with two attached hydrogens (primary N) is 1. The number of rotatable bonds is 8. The first-order valence-corrected chi connectivity index (χ1v) is 8.70. The standard InChI is InChI=1S/C15H24NO5P/c1-5-19-14(17)12(2)20-22(18,15(3,4)11-16)21-13-9-7-6-8-10-13/h6-10,12H,5,11,16H2,1-4H3. The van der Waals surface area contributed by atoms with Crippen molar-refractivity contribution in [2.75, 3.05) is 13.2 Å². The fourth-order valence-corrected chi connectivity index (χ4v) is 3.23. The zero-order chi connectivity index (χ0) is 16.8. The molecule has 0 heterocycles. The number of esters is 1. The lowest BCUT2D eigenvalue weighted by atomic mass is 10.2. The van der Waals surface area contributed by atoms with Crippen molar-refractivity contribution in [3.63, 3.8) is 0 Å². The molecule has 2 atom stereocenters. The van der Waals surface area contributed by atoms with E-state index in [0.717, 1.165) is 0 Å². The summed E-state index contributed by atoms with van der Waals surface area (Å²) in [5.41, 5.74) is 5.71. The summed E-state index contributed by atoms with van der Waals surface area (Å²) in [6, 6.07) is 8.65. The van der Waals surface area contributed by atoms with Gasteiger partial charge >= 0.3 is 13.6 Å². The second-order valence-corrected chi connectivity index (χ2v) is 8.02. The van der Waals surface area contributed by atoms with Crippen molar-refractivity contribution in [1.29, 1.82) is 0 Å². The summed E-state index contributed by atoms with van der Waals surface area (Å²) in [7, 11) is -3.70. The molecule has 2 unspecified atom stereocenters. The molecule has 0 radical (unpaired) electrons. The van der Waals surface area contributed by atoms with Crippen molar-refractivity contribution < 1.29 is 23.1 Å². The minimum atomic E-state index is -3.70. The van der Waals surface area contributed by atoms with Crippen LogP contribution in [0.15, 0.2) is 30.3 Å². The van der Waals surface area contributed by atoms with Crippen LogP contribution in [0.1, 0.15) is 27.7 Å². The van der Waals surface area contributed by atoms with Crippen molar-refractivity contribution in [2.45, 2.75) is 39.0 Å². The highest BCUT2D eigenvalue weighted by molar-refractivity contribution is 7.56. The van der Waals surface area contributed by atoms with Crippen molar-refractivity contribution in [1.82, 2.24) is 0 Å². The number of carbonyl (C=O) groups excluding carboxylic acids is 1. The smallest absolute Gasteiger partial charge is 0.386 e. The van der Waals surface area contributed by atoms with Crippen LogP contribution in [0.3, 0.4) is 0 Å². The van der Waals surface area contributed by atoms with Gasteiger partial charge in [0.2, 0.25) is 0 Å². The third-order valence-corrected chi connectivity index (χ3v) is 5.84.